The number of carbonyl (C=O) groups is 2. The van der Waals surface area contributed by atoms with Crippen molar-refractivity contribution in [2.75, 3.05) is 18.9 Å². The summed E-state index contributed by atoms with van der Waals surface area (Å²) < 4.78 is 0. The van der Waals surface area contributed by atoms with Gasteiger partial charge in [0.2, 0.25) is 5.91 Å². The van der Waals surface area contributed by atoms with Crippen molar-refractivity contribution >= 4 is 17.5 Å². The van der Waals surface area contributed by atoms with Gasteiger partial charge in [0.05, 0.1) is 0 Å². The van der Waals surface area contributed by atoms with E-state index in [9.17, 15) is 9.59 Å². The fourth-order valence-electron chi connectivity index (χ4n) is 1.75. The number of rotatable bonds is 6. The van der Waals surface area contributed by atoms with E-state index in [1.165, 1.54) is 12.8 Å². The van der Waals surface area contributed by atoms with Crippen LogP contribution in [0.1, 0.15) is 29.6 Å². The first-order chi connectivity index (χ1) is 9.19. The molecule has 0 saturated heterocycles. The molecule has 1 aliphatic carbocycles. The Balaban J connectivity index is 1.77. The first kappa shape index (κ1) is 13.5. The molecule has 1 aromatic rings. The maximum Gasteiger partial charge on any atom is 0.251 e. The number of benzene rings is 1. The van der Waals surface area contributed by atoms with Gasteiger partial charge in [0.15, 0.2) is 0 Å². The fourth-order valence-corrected chi connectivity index (χ4v) is 1.75. The average molecular weight is 261 g/mol. The summed E-state index contributed by atoms with van der Waals surface area (Å²) in [6, 6.07) is 7.47. The molecule has 2 amide bonds. The highest BCUT2D eigenvalue weighted by Crippen LogP contribution is 2.18. The van der Waals surface area contributed by atoms with Crippen LogP contribution in [0.25, 0.3) is 0 Å². The van der Waals surface area contributed by atoms with Gasteiger partial charge in [-0.25, -0.2) is 0 Å². The Labute approximate surface area is 112 Å². The maximum atomic E-state index is 11.7. The third-order valence-electron chi connectivity index (χ3n) is 3.02. The molecule has 1 aliphatic rings. The number of hydrogen-bond donors (Lipinski definition) is 3. The second-order valence-electron chi connectivity index (χ2n) is 4.68. The van der Waals surface area contributed by atoms with Gasteiger partial charge in [-0.3, -0.25) is 9.59 Å². The van der Waals surface area contributed by atoms with E-state index in [0.717, 1.165) is 0 Å². The van der Waals surface area contributed by atoms with Gasteiger partial charge in [0, 0.05) is 37.3 Å². The number of hydrogen-bond acceptors (Lipinski definition) is 3. The van der Waals surface area contributed by atoms with Crippen molar-refractivity contribution in [3.8, 4) is 0 Å². The summed E-state index contributed by atoms with van der Waals surface area (Å²) in [6.45, 7) is 0.715. The summed E-state index contributed by atoms with van der Waals surface area (Å²) in [5, 5.41) is 8.65. The summed E-state index contributed by atoms with van der Waals surface area (Å²) in [6.07, 6.45) is 2.92. The van der Waals surface area contributed by atoms with Crippen LogP contribution in [0.15, 0.2) is 24.3 Å². The molecule has 1 saturated carbocycles. The van der Waals surface area contributed by atoms with Crippen LogP contribution in [0, 0.1) is 0 Å². The molecule has 0 spiro atoms. The van der Waals surface area contributed by atoms with Crippen LogP contribution < -0.4 is 16.0 Å². The molecule has 0 radical (unpaired) electrons. The summed E-state index contributed by atoms with van der Waals surface area (Å²) in [4.78, 5) is 23.0. The van der Waals surface area contributed by atoms with E-state index < -0.39 is 0 Å². The fraction of sp³-hybridized carbons (Fsp3) is 0.429. The molecule has 0 bridgehead atoms. The smallest absolute Gasteiger partial charge is 0.251 e. The second-order valence-corrected chi connectivity index (χ2v) is 4.68. The zero-order valence-electron chi connectivity index (χ0n) is 11.0. The SMILES string of the molecule is CNC(=O)c1ccc(NC(=O)CCNC2CC2)cc1. The highest BCUT2D eigenvalue weighted by atomic mass is 16.2. The van der Waals surface area contributed by atoms with Gasteiger partial charge in [0.1, 0.15) is 0 Å². The van der Waals surface area contributed by atoms with Crippen LogP contribution >= 0.6 is 0 Å². The predicted octanol–water partition coefficient (Wildman–Crippen LogP) is 1.13. The molecule has 102 valence electrons. The van der Waals surface area contributed by atoms with Gasteiger partial charge in [-0.1, -0.05) is 0 Å². The van der Waals surface area contributed by atoms with Gasteiger partial charge < -0.3 is 16.0 Å². The highest BCUT2D eigenvalue weighted by molar-refractivity contribution is 5.95. The van der Waals surface area contributed by atoms with Crippen molar-refractivity contribution in [2.24, 2.45) is 0 Å². The Hall–Kier alpha value is -1.88. The Morgan fingerprint density at radius 2 is 1.89 bits per heavy atom. The molecule has 0 heterocycles. The minimum atomic E-state index is -0.133. The number of nitrogens with one attached hydrogen (secondary N) is 3. The second kappa shape index (κ2) is 6.33. The van der Waals surface area contributed by atoms with Crippen LogP contribution in [0.5, 0.6) is 0 Å². The molecule has 1 fully saturated rings. The average Bonchev–Trinajstić information content (AvgIpc) is 3.23. The maximum absolute atomic E-state index is 11.7. The zero-order valence-corrected chi connectivity index (χ0v) is 11.0. The molecule has 0 aromatic heterocycles. The van der Waals surface area contributed by atoms with Crippen molar-refractivity contribution in [1.29, 1.82) is 0 Å². The molecular weight excluding hydrogens is 242 g/mol. The molecule has 19 heavy (non-hydrogen) atoms. The van der Waals surface area contributed by atoms with Crippen molar-refractivity contribution < 1.29 is 9.59 Å². The quantitative estimate of drug-likeness (QED) is 0.719. The van der Waals surface area contributed by atoms with Crippen LogP contribution in [0.3, 0.4) is 0 Å². The third kappa shape index (κ3) is 4.37. The van der Waals surface area contributed by atoms with E-state index >= 15 is 0 Å². The molecular formula is C14H19N3O2. The Morgan fingerprint density at radius 1 is 1.21 bits per heavy atom. The number of carbonyl (C=O) groups excluding carboxylic acids is 2. The Bertz CT molecular complexity index is 452. The van der Waals surface area contributed by atoms with Crippen LogP contribution in [-0.2, 0) is 4.79 Å². The van der Waals surface area contributed by atoms with Gasteiger partial charge in [0.25, 0.3) is 5.91 Å². The Morgan fingerprint density at radius 3 is 2.47 bits per heavy atom. The van der Waals surface area contributed by atoms with Gasteiger partial charge in [-0.15, -0.1) is 0 Å². The zero-order chi connectivity index (χ0) is 13.7. The number of amides is 2. The van der Waals surface area contributed by atoms with Crippen molar-refractivity contribution in [2.45, 2.75) is 25.3 Å². The van der Waals surface area contributed by atoms with Crippen molar-refractivity contribution in [1.82, 2.24) is 10.6 Å². The molecule has 0 atom stereocenters. The monoisotopic (exact) mass is 261 g/mol. The minimum Gasteiger partial charge on any atom is -0.355 e. The van der Waals surface area contributed by atoms with Crippen LogP contribution in [0.4, 0.5) is 5.69 Å². The first-order valence-electron chi connectivity index (χ1n) is 6.54. The summed E-state index contributed by atoms with van der Waals surface area (Å²) in [7, 11) is 1.59. The third-order valence-corrected chi connectivity index (χ3v) is 3.02. The summed E-state index contributed by atoms with van der Waals surface area (Å²) in [5.74, 6) is -0.146. The largest absolute Gasteiger partial charge is 0.355 e. The van der Waals surface area contributed by atoms with Crippen molar-refractivity contribution in [3.63, 3.8) is 0 Å². The molecule has 5 heteroatoms. The lowest BCUT2D eigenvalue weighted by Crippen LogP contribution is -2.23. The van der Waals surface area contributed by atoms with Gasteiger partial charge in [-0.2, -0.15) is 0 Å². The normalized spacial score (nSPS) is 13.9. The Kier molecular flexibility index (Phi) is 4.52. The van der Waals surface area contributed by atoms with E-state index in [-0.39, 0.29) is 11.8 Å². The first-order valence-corrected chi connectivity index (χ1v) is 6.54. The molecule has 2 rings (SSSR count). The lowest BCUT2D eigenvalue weighted by atomic mass is 10.2. The topological polar surface area (TPSA) is 70.2 Å². The van der Waals surface area contributed by atoms with E-state index in [4.69, 9.17) is 0 Å². The van der Waals surface area contributed by atoms with Gasteiger partial charge in [-0.05, 0) is 37.1 Å². The van der Waals surface area contributed by atoms with E-state index in [2.05, 4.69) is 16.0 Å². The minimum absolute atomic E-state index is 0.0131. The molecule has 3 N–H and O–H groups in total. The van der Waals surface area contributed by atoms with E-state index in [0.29, 0.717) is 30.3 Å². The summed E-state index contributed by atoms with van der Waals surface area (Å²) >= 11 is 0. The standard InChI is InChI=1S/C14H19N3O2/c1-15-14(19)10-2-4-12(5-3-10)17-13(18)8-9-16-11-6-7-11/h2-5,11,16H,6-9H2,1H3,(H,15,19)(H,17,18). The molecule has 1 aromatic carbocycles. The van der Waals surface area contributed by atoms with Crippen LogP contribution in [-0.4, -0.2) is 31.4 Å². The highest BCUT2D eigenvalue weighted by Gasteiger charge is 2.20. The summed E-state index contributed by atoms with van der Waals surface area (Å²) in [5.41, 5.74) is 1.29. The molecule has 0 aliphatic heterocycles. The van der Waals surface area contributed by atoms with E-state index in [1.807, 2.05) is 0 Å². The lowest BCUT2D eigenvalue weighted by molar-refractivity contribution is -0.116. The van der Waals surface area contributed by atoms with E-state index in [1.54, 1.807) is 31.3 Å². The van der Waals surface area contributed by atoms with Crippen LogP contribution in [0.2, 0.25) is 0 Å². The van der Waals surface area contributed by atoms with Gasteiger partial charge >= 0.3 is 0 Å². The molecule has 5 nitrogen and oxygen atoms in total. The number of anilines is 1. The molecule has 0 unspecified atom stereocenters. The predicted molar refractivity (Wildman–Crippen MR) is 74.1 cm³/mol. The lowest BCUT2D eigenvalue weighted by Gasteiger charge is -2.06. The van der Waals surface area contributed by atoms with Crippen molar-refractivity contribution in [3.05, 3.63) is 29.8 Å².